The van der Waals surface area contributed by atoms with E-state index in [9.17, 15) is 13.2 Å². The number of alkyl halides is 3. The van der Waals surface area contributed by atoms with Gasteiger partial charge >= 0.3 is 6.18 Å². The van der Waals surface area contributed by atoms with Gasteiger partial charge in [0.25, 0.3) is 0 Å². The fraction of sp³-hybridized carbons (Fsp3) is 0.333. The molecule has 0 aliphatic heterocycles. The Morgan fingerprint density at radius 1 is 1.42 bits per heavy atom. The summed E-state index contributed by atoms with van der Waals surface area (Å²) in [5, 5.41) is 0. The molecule has 0 bridgehead atoms. The van der Waals surface area contributed by atoms with E-state index < -0.39 is 11.7 Å². The minimum atomic E-state index is -4.25. The van der Waals surface area contributed by atoms with Gasteiger partial charge in [0.05, 0.1) is 5.56 Å². The van der Waals surface area contributed by atoms with E-state index >= 15 is 0 Å². The summed E-state index contributed by atoms with van der Waals surface area (Å²) < 4.78 is 36.6. The van der Waals surface area contributed by atoms with Crippen LogP contribution in [0.2, 0.25) is 0 Å². The molecule has 1 aromatic rings. The van der Waals surface area contributed by atoms with Crippen LogP contribution < -0.4 is 0 Å². The zero-order chi connectivity index (χ0) is 9.19. The van der Waals surface area contributed by atoms with Gasteiger partial charge in [0, 0.05) is 0 Å². The second kappa shape index (κ2) is 3.17. The van der Waals surface area contributed by atoms with Crippen LogP contribution in [0.25, 0.3) is 0 Å². The maximum absolute atomic E-state index is 12.2. The van der Waals surface area contributed by atoms with Crippen molar-refractivity contribution in [2.75, 3.05) is 0 Å². The maximum Gasteiger partial charge on any atom is 0.416 e. The minimum Gasteiger partial charge on any atom is -0.166 e. The molecule has 1 aromatic carbocycles. The minimum absolute atomic E-state index is 0.321. The van der Waals surface area contributed by atoms with Crippen molar-refractivity contribution in [1.82, 2.24) is 0 Å². The highest BCUT2D eigenvalue weighted by Crippen LogP contribution is 2.31. The van der Waals surface area contributed by atoms with Crippen LogP contribution in [-0.4, -0.2) is 0 Å². The van der Waals surface area contributed by atoms with Gasteiger partial charge in [0.15, 0.2) is 0 Å². The van der Waals surface area contributed by atoms with Crippen molar-refractivity contribution < 1.29 is 13.2 Å². The van der Waals surface area contributed by atoms with Crippen molar-refractivity contribution in [2.45, 2.75) is 19.5 Å². The molecule has 0 saturated carbocycles. The van der Waals surface area contributed by atoms with E-state index in [1.807, 2.05) is 0 Å². The summed E-state index contributed by atoms with van der Waals surface area (Å²) in [4.78, 5) is 0. The Bertz CT molecular complexity index is 263. The third-order valence-corrected chi connectivity index (χ3v) is 1.64. The molecule has 0 amide bonds. The molecule has 0 atom stereocenters. The lowest BCUT2D eigenvalue weighted by molar-refractivity contribution is -0.138. The average molecular weight is 173 g/mol. The molecule has 0 unspecified atom stereocenters. The SMILES string of the molecule is CCc1cc[c]cc1C(F)(F)F. The van der Waals surface area contributed by atoms with Crippen LogP contribution in [0.3, 0.4) is 0 Å². The summed E-state index contributed by atoms with van der Waals surface area (Å²) in [7, 11) is 0. The molecule has 1 rings (SSSR count). The molecule has 0 aliphatic rings. The van der Waals surface area contributed by atoms with Gasteiger partial charge in [-0.3, -0.25) is 0 Å². The second-order valence-electron chi connectivity index (χ2n) is 2.43. The normalized spacial score (nSPS) is 11.7. The molecule has 0 saturated heterocycles. The van der Waals surface area contributed by atoms with Crippen molar-refractivity contribution in [1.29, 1.82) is 0 Å². The first-order valence-corrected chi connectivity index (χ1v) is 3.62. The van der Waals surface area contributed by atoms with Crippen LogP contribution in [-0.2, 0) is 12.6 Å². The lowest BCUT2D eigenvalue weighted by atomic mass is 10.1. The van der Waals surface area contributed by atoms with Gasteiger partial charge in [0.2, 0.25) is 0 Å². The lowest BCUT2D eigenvalue weighted by Gasteiger charge is -2.10. The molecular formula is C9H8F3. The van der Waals surface area contributed by atoms with Crippen LogP contribution in [0.15, 0.2) is 18.2 Å². The fourth-order valence-electron chi connectivity index (χ4n) is 1.03. The van der Waals surface area contributed by atoms with E-state index in [2.05, 4.69) is 6.07 Å². The van der Waals surface area contributed by atoms with Crippen LogP contribution in [0, 0.1) is 6.07 Å². The largest absolute Gasteiger partial charge is 0.416 e. The van der Waals surface area contributed by atoms with Crippen molar-refractivity contribution in [3.8, 4) is 0 Å². The molecular weight excluding hydrogens is 165 g/mol. The van der Waals surface area contributed by atoms with Crippen molar-refractivity contribution in [2.24, 2.45) is 0 Å². The number of aryl methyl sites for hydroxylation is 1. The van der Waals surface area contributed by atoms with Gasteiger partial charge in [-0.2, -0.15) is 13.2 Å². The smallest absolute Gasteiger partial charge is 0.166 e. The first-order chi connectivity index (χ1) is 5.55. The molecule has 0 spiro atoms. The number of hydrogen-bond acceptors (Lipinski definition) is 0. The van der Waals surface area contributed by atoms with Gasteiger partial charge in [-0.1, -0.05) is 19.1 Å². The Kier molecular flexibility index (Phi) is 2.40. The Balaban J connectivity index is 3.14. The molecule has 0 heterocycles. The number of hydrogen-bond donors (Lipinski definition) is 0. The highest BCUT2D eigenvalue weighted by atomic mass is 19.4. The van der Waals surface area contributed by atoms with Crippen molar-refractivity contribution >= 4 is 0 Å². The fourth-order valence-corrected chi connectivity index (χ4v) is 1.03. The molecule has 65 valence electrons. The molecule has 0 nitrogen and oxygen atoms in total. The lowest BCUT2D eigenvalue weighted by Crippen LogP contribution is -2.08. The van der Waals surface area contributed by atoms with Crippen molar-refractivity contribution in [3.63, 3.8) is 0 Å². The molecule has 3 heteroatoms. The highest BCUT2D eigenvalue weighted by Gasteiger charge is 2.32. The zero-order valence-corrected chi connectivity index (χ0v) is 6.57. The van der Waals surface area contributed by atoms with E-state index in [4.69, 9.17) is 0 Å². The monoisotopic (exact) mass is 173 g/mol. The highest BCUT2D eigenvalue weighted by molar-refractivity contribution is 5.28. The topological polar surface area (TPSA) is 0 Å². The maximum atomic E-state index is 12.2. The van der Waals surface area contributed by atoms with E-state index in [-0.39, 0.29) is 0 Å². The standard InChI is InChI=1S/C9H8F3/c1-2-7-5-3-4-6-8(7)9(10,11)12/h3,5-6H,2H2,1H3. The average Bonchev–Trinajstić information content (AvgIpc) is 2.03. The molecule has 1 radical (unpaired) electrons. The summed E-state index contributed by atoms with van der Waals surface area (Å²) >= 11 is 0. The number of rotatable bonds is 1. The Morgan fingerprint density at radius 2 is 2.08 bits per heavy atom. The summed E-state index contributed by atoms with van der Waals surface area (Å²) in [6.45, 7) is 1.70. The van der Waals surface area contributed by atoms with Crippen LogP contribution >= 0.6 is 0 Å². The predicted octanol–water partition coefficient (Wildman–Crippen LogP) is 3.07. The summed E-state index contributed by atoms with van der Waals surface area (Å²) in [5.74, 6) is 0. The van der Waals surface area contributed by atoms with E-state index in [0.29, 0.717) is 12.0 Å². The molecule has 0 aliphatic carbocycles. The van der Waals surface area contributed by atoms with E-state index in [1.165, 1.54) is 12.1 Å². The van der Waals surface area contributed by atoms with Gasteiger partial charge in [-0.25, -0.2) is 0 Å². The van der Waals surface area contributed by atoms with Gasteiger partial charge in [-0.15, -0.1) is 0 Å². The molecule has 0 aromatic heterocycles. The molecule has 0 N–H and O–H groups in total. The Hall–Kier alpha value is -0.990. The van der Waals surface area contributed by atoms with E-state index in [1.54, 1.807) is 6.92 Å². The van der Waals surface area contributed by atoms with E-state index in [0.717, 1.165) is 6.07 Å². The van der Waals surface area contributed by atoms with Crippen LogP contribution in [0.1, 0.15) is 18.1 Å². The van der Waals surface area contributed by atoms with Crippen LogP contribution in [0.5, 0.6) is 0 Å². The van der Waals surface area contributed by atoms with Gasteiger partial charge < -0.3 is 0 Å². The predicted molar refractivity (Wildman–Crippen MR) is 39.7 cm³/mol. The van der Waals surface area contributed by atoms with Gasteiger partial charge in [0.1, 0.15) is 0 Å². The first-order valence-electron chi connectivity index (χ1n) is 3.62. The Labute approximate surface area is 69.0 Å². The van der Waals surface area contributed by atoms with Gasteiger partial charge in [-0.05, 0) is 24.1 Å². The summed E-state index contributed by atoms with van der Waals surface area (Å²) in [5.41, 5.74) is -0.256. The van der Waals surface area contributed by atoms with Crippen LogP contribution in [0.4, 0.5) is 13.2 Å². The Morgan fingerprint density at radius 3 is 2.50 bits per heavy atom. The zero-order valence-electron chi connectivity index (χ0n) is 6.57. The first kappa shape index (κ1) is 9.10. The third kappa shape index (κ3) is 1.78. The quantitative estimate of drug-likeness (QED) is 0.612. The summed E-state index contributed by atoms with van der Waals surface area (Å²) in [6, 6.07) is 6.35. The molecule has 12 heavy (non-hydrogen) atoms. The molecule has 0 fully saturated rings. The number of benzene rings is 1. The van der Waals surface area contributed by atoms with Crippen molar-refractivity contribution in [3.05, 3.63) is 35.4 Å². The second-order valence-corrected chi connectivity index (χ2v) is 2.43. The third-order valence-electron chi connectivity index (χ3n) is 1.64. The summed E-state index contributed by atoms with van der Waals surface area (Å²) in [6.07, 6.45) is -3.85. The number of halogens is 3.